The Labute approximate surface area is 122 Å². The van der Waals surface area contributed by atoms with Crippen molar-refractivity contribution in [3.63, 3.8) is 0 Å². The van der Waals surface area contributed by atoms with Crippen molar-refractivity contribution in [1.29, 1.82) is 0 Å². The molecule has 0 aliphatic heterocycles. The van der Waals surface area contributed by atoms with Crippen molar-refractivity contribution >= 4 is 16.5 Å². The van der Waals surface area contributed by atoms with Crippen molar-refractivity contribution in [3.05, 3.63) is 78.4 Å². The topological polar surface area (TPSA) is 12.0 Å². The van der Waals surface area contributed by atoms with Crippen molar-refractivity contribution in [2.75, 3.05) is 11.9 Å². The fourth-order valence-corrected chi connectivity index (χ4v) is 2.30. The summed E-state index contributed by atoms with van der Waals surface area (Å²) in [5, 5.41) is 4.95. The molecule has 0 saturated carbocycles. The highest BCUT2D eigenvalue weighted by atomic mass is 19.3. The fraction of sp³-hybridized carbons (Fsp3) is 0.111. The Bertz CT molecular complexity index is 738. The summed E-state index contributed by atoms with van der Waals surface area (Å²) in [4.78, 5) is 0. The molecule has 3 aromatic rings. The van der Waals surface area contributed by atoms with Crippen LogP contribution in [0.1, 0.15) is 5.56 Å². The van der Waals surface area contributed by atoms with Gasteiger partial charge in [0, 0.05) is 11.3 Å². The zero-order chi connectivity index (χ0) is 14.7. The first-order valence-corrected chi connectivity index (χ1v) is 6.81. The van der Waals surface area contributed by atoms with Gasteiger partial charge in [-0.15, -0.1) is 0 Å². The number of hydrogen-bond donors (Lipinski definition) is 1. The molecule has 3 aromatic carbocycles. The molecule has 0 bridgehead atoms. The number of hydrogen-bond acceptors (Lipinski definition) is 1. The van der Waals surface area contributed by atoms with Crippen LogP contribution in [0, 0.1) is 0 Å². The summed E-state index contributed by atoms with van der Waals surface area (Å²) >= 11 is 0. The number of alkyl halides is 2. The maximum atomic E-state index is 14.1. The van der Waals surface area contributed by atoms with Crippen molar-refractivity contribution in [2.24, 2.45) is 0 Å². The second-order valence-electron chi connectivity index (χ2n) is 4.99. The highest BCUT2D eigenvalue weighted by Gasteiger charge is 2.30. The van der Waals surface area contributed by atoms with Gasteiger partial charge in [-0.25, -0.2) is 0 Å². The standard InChI is InChI=1S/C18H15F2N/c19-18(20,16-8-2-1-3-9-16)13-21-17-11-10-14-6-4-5-7-15(14)12-17/h1-12,21H,13H2. The molecule has 0 spiro atoms. The summed E-state index contributed by atoms with van der Waals surface area (Å²) in [5.74, 6) is -2.90. The largest absolute Gasteiger partial charge is 0.379 e. The first kappa shape index (κ1) is 13.6. The third kappa shape index (κ3) is 3.02. The number of anilines is 1. The molecule has 0 radical (unpaired) electrons. The molecule has 1 N–H and O–H groups in total. The molecule has 0 heterocycles. The van der Waals surface area contributed by atoms with E-state index in [9.17, 15) is 8.78 Å². The van der Waals surface area contributed by atoms with Gasteiger partial charge in [0.2, 0.25) is 0 Å². The minimum absolute atomic E-state index is 0.0262. The Morgan fingerprint density at radius 1 is 0.762 bits per heavy atom. The van der Waals surface area contributed by atoms with Crippen molar-refractivity contribution in [2.45, 2.75) is 5.92 Å². The first-order chi connectivity index (χ1) is 10.1. The van der Waals surface area contributed by atoms with Gasteiger partial charge < -0.3 is 5.32 Å². The molecule has 0 saturated heterocycles. The summed E-state index contributed by atoms with van der Waals surface area (Å²) < 4.78 is 28.2. The van der Waals surface area contributed by atoms with Gasteiger partial charge in [-0.05, 0) is 22.9 Å². The lowest BCUT2D eigenvalue weighted by Crippen LogP contribution is -2.24. The van der Waals surface area contributed by atoms with Crippen LogP contribution in [0.15, 0.2) is 72.8 Å². The number of nitrogens with one attached hydrogen (secondary N) is 1. The Morgan fingerprint density at radius 3 is 2.19 bits per heavy atom. The summed E-state index contributed by atoms with van der Waals surface area (Å²) in [6.07, 6.45) is 0. The molecule has 3 rings (SSSR count). The smallest absolute Gasteiger partial charge is 0.290 e. The maximum Gasteiger partial charge on any atom is 0.290 e. The molecule has 0 atom stereocenters. The summed E-state index contributed by atoms with van der Waals surface area (Å²) in [7, 11) is 0. The molecule has 21 heavy (non-hydrogen) atoms. The van der Waals surface area contributed by atoms with E-state index >= 15 is 0 Å². The van der Waals surface area contributed by atoms with Crippen LogP contribution in [0.2, 0.25) is 0 Å². The summed E-state index contributed by atoms with van der Waals surface area (Å²) in [6, 6.07) is 21.4. The van der Waals surface area contributed by atoms with Crippen molar-refractivity contribution in [3.8, 4) is 0 Å². The van der Waals surface area contributed by atoms with E-state index in [2.05, 4.69) is 5.32 Å². The van der Waals surface area contributed by atoms with Gasteiger partial charge >= 0.3 is 0 Å². The molecule has 1 nitrogen and oxygen atoms in total. The summed E-state index contributed by atoms with van der Waals surface area (Å²) in [6.45, 7) is -0.421. The third-order valence-corrected chi connectivity index (χ3v) is 3.46. The number of halogens is 2. The lowest BCUT2D eigenvalue weighted by atomic mass is 10.1. The van der Waals surface area contributed by atoms with Crippen LogP contribution in [0.5, 0.6) is 0 Å². The van der Waals surface area contributed by atoms with Crippen LogP contribution in [0.3, 0.4) is 0 Å². The number of benzene rings is 3. The van der Waals surface area contributed by atoms with E-state index in [0.29, 0.717) is 5.69 Å². The van der Waals surface area contributed by atoms with Crippen LogP contribution in [-0.2, 0) is 5.92 Å². The van der Waals surface area contributed by atoms with E-state index in [4.69, 9.17) is 0 Å². The predicted molar refractivity (Wildman–Crippen MR) is 82.8 cm³/mol. The Kier molecular flexibility index (Phi) is 3.57. The Balaban J connectivity index is 1.77. The zero-order valence-electron chi connectivity index (χ0n) is 11.4. The van der Waals surface area contributed by atoms with Crippen LogP contribution in [-0.4, -0.2) is 6.54 Å². The molecule has 0 amide bonds. The number of fused-ring (bicyclic) bond motifs is 1. The fourth-order valence-electron chi connectivity index (χ4n) is 2.30. The molecule has 0 aromatic heterocycles. The molecule has 0 aliphatic rings. The van der Waals surface area contributed by atoms with Gasteiger partial charge in [-0.2, -0.15) is 8.78 Å². The monoisotopic (exact) mass is 283 g/mol. The number of rotatable bonds is 4. The van der Waals surface area contributed by atoms with Gasteiger partial charge in [0.15, 0.2) is 0 Å². The average Bonchev–Trinajstić information content (AvgIpc) is 2.54. The van der Waals surface area contributed by atoms with Crippen molar-refractivity contribution < 1.29 is 8.78 Å². The van der Waals surface area contributed by atoms with Gasteiger partial charge in [0.25, 0.3) is 5.92 Å². The first-order valence-electron chi connectivity index (χ1n) is 6.81. The molecule has 0 fully saturated rings. The van der Waals surface area contributed by atoms with Gasteiger partial charge in [-0.3, -0.25) is 0 Å². The van der Waals surface area contributed by atoms with Crippen molar-refractivity contribution in [1.82, 2.24) is 0 Å². The van der Waals surface area contributed by atoms with E-state index in [1.807, 2.05) is 42.5 Å². The summed E-state index contributed by atoms with van der Waals surface area (Å²) in [5.41, 5.74) is 0.725. The SMILES string of the molecule is FC(F)(CNc1ccc2ccccc2c1)c1ccccc1. The van der Waals surface area contributed by atoms with Gasteiger partial charge in [0.05, 0.1) is 6.54 Å². The average molecular weight is 283 g/mol. The van der Waals surface area contributed by atoms with Crippen LogP contribution in [0.25, 0.3) is 10.8 Å². The van der Waals surface area contributed by atoms with Gasteiger partial charge in [-0.1, -0.05) is 60.7 Å². The quantitative estimate of drug-likeness (QED) is 0.707. The Hall–Kier alpha value is -2.42. The highest BCUT2D eigenvalue weighted by molar-refractivity contribution is 5.85. The molecule has 0 unspecified atom stereocenters. The van der Waals surface area contributed by atoms with Crippen LogP contribution >= 0.6 is 0 Å². The van der Waals surface area contributed by atoms with E-state index < -0.39 is 12.5 Å². The normalized spacial score (nSPS) is 11.5. The van der Waals surface area contributed by atoms with E-state index in [1.54, 1.807) is 18.2 Å². The Morgan fingerprint density at radius 2 is 1.43 bits per heavy atom. The molecule has 3 heteroatoms. The molecule has 106 valence electrons. The minimum atomic E-state index is -2.90. The third-order valence-electron chi connectivity index (χ3n) is 3.46. The second-order valence-corrected chi connectivity index (χ2v) is 4.99. The molecular weight excluding hydrogens is 268 g/mol. The van der Waals surface area contributed by atoms with E-state index in [1.165, 1.54) is 12.1 Å². The van der Waals surface area contributed by atoms with Crippen LogP contribution < -0.4 is 5.32 Å². The zero-order valence-corrected chi connectivity index (χ0v) is 11.4. The molecule has 0 aliphatic carbocycles. The van der Waals surface area contributed by atoms with Gasteiger partial charge in [0.1, 0.15) is 0 Å². The lowest BCUT2D eigenvalue weighted by molar-refractivity contribution is 0.0106. The van der Waals surface area contributed by atoms with Crippen LogP contribution in [0.4, 0.5) is 14.5 Å². The van der Waals surface area contributed by atoms with E-state index in [0.717, 1.165) is 10.8 Å². The predicted octanol–water partition coefficient (Wildman–Crippen LogP) is 5.04. The second kappa shape index (κ2) is 5.52. The minimum Gasteiger partial charge on any atom is -0.379 e. The van der Waals surface area contributed by atoms with E-state index in [-0.39, 0.29) is 5.56 Å². The lowest BCUT2D eigenvalue weighted by Gasteiger charge is -2.18. The molecular formula is C18H15F2N. The highest BCUT2D eigenvalue weighted by Crippen LogP contribution is 2.28. The maximum absolute atomic E-state index is 14.1.